The standard InChI is InChI=1S/C14H15BrN2S/c1-10(11-3-6-13(18-2)7-4-11)17-12-5-8-14(15)16-9-12/h3-10,17H,1-2H3. The molecule has 94 valence electrons. The second-order valence-electron chi connectivity index (χ2n) is 4.01. The molecule has 1 aromatic carbocycles. The molecule has 2 rings (SSSR count). The molecule has 0 aliphatic carbocycles. The highest BCUT2D eigenvalue weighted by Gasteiger charge is 2.05. The van der Waals surface area contributed by atoms with E-state index in [4.69, 9.17) is 0 Å². The molecule has 0 saturated heterocycles. The first kappa shape index (κ1) is 13.4. The summed E-state index contributed by atoms with van der Waals surface area (Å²) in [5.41, 5.74) is 2.30. The topological polar surface area (TPSA) is 24.9 Å². The number of hydrogen-bond acceptors (Lipinski definition) is 3. The lowest BCUT2D eigenvalue weighted by Crippen LogP contribution is -2.06. The minimum absolute atomic E-state index is 0.267. The summed E-state index contributed by atoms with van der Waals surface area (Å²) in [6, 6.07) is 12.8. The predicted octanol–water partition coefficient (Wildman–Crippen LogP) is 4.74. The Bertz CT molecular complexity index is 496. The number of nitrogens with zero attached hydrogens (tertiary/aromatic N) is 1. The van der Waals surface area contributed by atoms with E-state index in [2.05, 4.69) is 63.7 Å². The maximum absolute atomic E-state index is 4.20. The summed E-state index contributed by atoms with van der Waals surface area (Å²) in [5, 5.41) is 3.43. The van der Waals surface area contributed by atoms with E-state index in [1.54, 1.807) is 11.8 Å². The number of rotatable bonds is 4. The SMILES string of the molecule is CSc1ccc(C(C)Nc2ccc(Br)nc2)cc1. The first-order valence-corrected chi connectivity index (χ1v) is 7.73. The van der Waals surface area contributed by atoms with Crippen LogP contribution in [0.5, 0.6) is 0 Å². The van der Waals surface area contributed by atoms with Crippen molar-refractivity contribution in [2.45, 2.75) is 17.9 Å². The lowest BCUT2D eigenvalue weighted by Gasteiger charge is -2.15. The van der Waals surface area contributed by atoms with Gasteiger partial charge in [0.25, 0.3) is 0 Å². The number of anilines is 1. The van der Waals surface area contributed by atoms with Crippen molar-refractivity contribution < 1.29 is 0 Å². The number of nitrogens with one attached hydrogen (secondary N) is 1. The van der Waals surface area contributed by atoms with Crippen molar-refractivity contribution in [2.75, 3.05) is 11.6 Å². The normalized spacial score (nSPS) is 12.2. The summed E-state index contributed by atoms with van der Waals surface area (Å²) in [4.78, 5) is 5.49. The third-order valence-electron chi connectivity index (χ3n) is 2.73. The van der Waals surface area contributed by atoms with E-state index < -0.39 is 0 Å². The van der Waals surface area contributed by atoms with Gasteiger partial charge >= 0.3 is 0 Å². The average molecular weight is 323 g/mol. The highest BCUT2D eigenvalue weighted by atomic mass is 79.9. The minimum Gasteiger partial charge on any atom is -0.377 e. The molecule has 0 spiro atoms. The molecule has 0 aliphatic heterocycles. The van der Waals surface area contributed by atoms with Gasteiger partial charge in [-0.1, -0.05) is 12.1 Å². The number of thioether (sulfide) groups is 1. The van der Waals surface area contributed by atoms with Crippen molar-refractivity contribution >= 4 is 33.4 Å². The van der Waals surface area contributed by atoms with E-state index >= 15 is 0 Å². The number of hydrogen-bond donors (Lipinski definition) is 1. The molecule has 0 aliphatic rings. The Morgan fingerprint density at radius 2 is 1.89 bits per heavy atom. The van der Waals surface area contributed by atoms with E-state index in [-0.39, 0.29) is 6.04 Å². The fraction of sp³-hybridized carbons (Fsp3) is 0.214. The second-order valence-corrected chi connectivity index (χ2v) is 5.70. The molecule has 1 unspecified atom stereocenters. The summed E-state index contributed by atoms with van der Waals surface area (Å²) in [7, 11) is 0. The first-order chi connectivity index (χ1) is 8.69. The third-order valence-corrected chi connectivity index (χ3v) is 3.94. The van der Waals surface area contributed by atoms with Gasteiger partial charge in [0.05, 0.1) is 11.9 Å². The van der Waals surface area contributed by atoms with Crippen LogP contribution in [0.3, 0.4) is 0 Å². The van der Waals surface area contributed by atoms with Gasteiger partial charge in [0.15, 0.2) is 0 Å². The van der Waals surface area contributed by atoms with Crippen LogP contribution in [-0.2, 0) is 0 Å². The third kappa shape index (κ3) is 3.50. The summed E-state index contributed by atoms with van der Waals surface area (Å²) in [5.74, 6) is 0. The largest absolute Gasteiger partial charge is 0.377 e. The Hall–Kier alpha value is -1.00. The Balaban J connectivity index is 2.06. The van der Waals surface area contributed by atoms with Crippen LogP contribution in [0.15, 0.2) is 52.1 Å². The molecule has 0 radical (unpaired) electrons. The molecule has 0 bridgehead atoms. The molecular weight excluding hydrogens is 308 g/mol. The van der Waals surface area contributed by atoms with Crippen molar-refractivity contribution in [1.29, 1.82) is 0 Å². The molecule has 18 heavy (non-hydrogen) atoms. The molecule has 1 heterocycles. The zero-order chi connectivity index (χ0) is 13.0. The van der Waals surface area contributed by atoms with Gasteiger partial charge in [-0.15, -0.1) is 11.8 Å². The fourth-order valence-corrected chi connectivity index (χ4v) is 2.33. The predicted molar refractivity (Wildman–Crippen MR) is 82.2 cm³/mol. The van der Waals surface area contributed by atoms with Crippen LogP contribution in [0, 0.1) is 0 Å². The zero-order valence-corrected chi connectivity index (χ0v) is 12.8. The smallest absolute Gasteiger partial charge is 0.106 e. The van der Waals surface area contributed by atoms with Crippen molar-refractivity contribution in [3.05, 3.63) is 52.8 Å². The molecule has 4 heteroatoms. The van der Waals surface area contributed by atoms with Gasteiger partial charge < -0.3 is 5.32 Å². The lowest BCUT2D eigenvalue weighted by molar-refractivity contribution is 0.880. The van der Waals surface area contributed by atoms with Gasteiger partial charge in [0.1, 0.15) is 4.60 Å². The molecule has 0 saturated carbocycles. The van der Waals surface area contributed by atoms with Crippen LogP contribution in [0.1, 0.15) is 18.5 Å². The molecule has 1 atom stereocenters. The van der Waals surface area contributed by atoms with Gasteiger partial charge in [-0.3, -0.25) is 0 Å². The van der Waals surface area contributed by atoms with E-state index in [0.29, 0.717) is 0 Å². The molecule has 1 N–H and O–H groups in total. The number of halogens is 1. The van der Waals surface area contributed by atoms with Crippen LogP contribution >= 0.6 is 27.7 Å². The second kappa shape index (κ2) is 6.25. The molecule has 1 aromatic heterocycles. The van der Waals surface area contributed by atoms with Crippen molar-refractivity contribution in [3.63, 3.8) is 0 Å². The Kier molecular flexibility index (Phi) is 4.66. The van der Waals surface area contributed by atoms with E-state index in [9.17, 15) is 0 Å². The first-order valence-electron chi connectivity index (χ1n) is 5.71. The summed E-state index contributed by atoms with van der Waals surface area (Å²) in [6.45, 7) is 2.15. The number of benzene rings is 1. The summed E-state index contributed by atoms with van der Waals surface area (Å²) in [6.07, 6.45) is 3.92. The number of pyridine rings is 1. The summed E-state index contributed by atoms with van der Waals surface area (Å²) < 4.78 is 0.852. The molecule has 0 amide bonds. The fourth-order valence-electron chi connectivity index (χ4n) is 1.69. The van der Waals surface area contributed by atoms with Crippen molar-refractivity contribution in [2.24, 2.45) is 0 Å². The number of aromatic nitrogens is 1. The zero-order valence-electron chi connectivity index (χ0n) is 10.4. The Morgan fingerprint density at radius 3 is 2.44 bits per heavy atom. The van der Waals surface area contributed by atoms with Crippen LogP contribution < -0.4 is 5.32 Å². The summed E-state index contributed by atoms with van der Waals surface area (Å²) >= 11 is 5.09. The Morgan fingerprint density at radius 1 is 1.17 bits per heavy atom. The molecule has 0 fully saturated rings. The minimum atomic E-state index is 0.267. The molecule has 2 aromatic rings. The highest BCUT2D eigenvalue weighted by molar-refractivity contribution is 9.10. The van der Waals surface area contributed by atoms with Crippen LogP contribution in [0.2, 0.25) is 0 Å². The van der Waals surface area contributed by atoms with Gasteiger partial charge in [0.2, 0.25) is 0 Å². The lowest BCUT2D eigenvalue weighted by atomic mass is 10.1. The van der Waals surface area contributed by atoms with Crippen molar-refractivity contribution in [1.82, 2.24) is 4.98 Å². The van der Waals surface area contributed by atoms with Gasteiger partial charge in [-0.05, 0) is 58.9 Å². The van der Waals surface area contributed by atoms with Crippen LogP contribution in [-0.4, -0.2) is 11.2 Å². The van der Waals surface area contributed by atoms with E-state index in [1.165, 1.54) is 10.5 Å². The van der Waals surface area contributed by atoms with Gasteiger partial charge in [0, 0.05) is 10.9 Å². The van der Waals surface area contributed by atoms with E-state index in [1.807, 2.05) is 18.3 Å². The van der Waals surface area contributed by atoms with Crippen molar-refractivity contribution in [3.8, 4) is 0 Å². The quantitative estimate of drug-likeness (QED) is 0.650. The highest BCUT2D eigenvalue weighted by Crippen LogP contribution is 2.22. The Labute approximate surface area is 120 Å². The monoisotopic (exact) mass is 322 g/mol. The van der Waals surface area contributed by atoms with Crippen LogP contribution in [0.4, 0.5) is 5.69 Å². The van der Waals surface area contributed by atoms with E-state index in [0.717, 1.165) is 10.3 Å². The van der Waals surface area contributed by atoms with Crippen LogP contribution in [0.25, 0.3) is 0 Å². The molecular formula is C14H15BrN2S. The average Bonchev–Trinajstić information content (AvgIpc) is 2.41. The van der Waals surface area contributed by atoms with Gasteiger partial charge in [-0.2, -0.15) is 0 Å². The van der Waals surface area contributed by atoms with Gasteiger partial charge in [-0.25, -0.2) is 4.98 Å². The molecule has 2 nitrogen and oxygen atoms in total. The maximum Gasteiger partial charge on any atom is 0.106 e. The maximum atomic E-state index is 4.20.